The molecule has 0 aliphatic heterocycles. The van der Waals surface area contributed by atoms with Crippen molar-refractivity contribution in [1.29, 1.82) is 0 Å². The van der Waals surface area contributed by atoms with Gasteiger partial charge >= 0.3 is 0 Å². The third-order valence-electron chi connectivity index (χ3n) is 1.73. The number of nitrogens with zero attached hydrogens (tertiary/aromatic N) is 1. The lowest BCUT2D eigenvalue weighted by molar-refractivity contribution is 0.399. The summed E-state index contributed by atoms with van der Waals surface area (Å²) in [7, 11) is 1.00. The fourth-order valence-electron chi connectivity index (χ4n) is 1.16. The standard InChI is InChI=1S/C9H9N3.C4H10.CH4O/c10-7-2-3-8-6(5-7)1-4-9(11)12-8;1-4(2)3;1-2/h1-5H,10H2,(H2,11,12);4H,1-3H3;2H,1H3. The Kier molecular flexibility index (Phi) is 7.47. The Labute approximate surface area is 109 Å². The smallest absolute Gasteiger partial charge is 0.124 e. The monoisotopic (exact) mass is 249 g/mol. The van der Waals surface area contributed by atoms with Gasteiger partial charge in [0, 0.05) is 18.2 Å². The molecule has 0 unspecified atom stereocenters. The summed E-state index contributed by atoms with van der Waals surface area (Å²) in [5.41, 5.74) is 12.7. The average molecular weight is 249 g/mol. The number of aliphatic hydroxyl groups excluding tert-OH is 1. The number of aromatic nitrogens is 1. The highest BCUT2D eigenvalue weighted by atomic mass is 16.2. The van der Waals surface area contributed by atoms with Gasteiger partial charge < -0.3 is 16.6 Å². The predicted octanol–water partition coefficient (Wildman–Crippen LogP) is 2.67. The van der Waals surface area contributed by atoms with Crippen LogP contribution < -0.4 is 11.5 Å². The first-order chi connectivity index (χ1) is 8.49. The van der Waals surface area contributed by atoms with Crippen LogP contribution in [-0.2, 0) is 0 Å². The third kappa shape index (κ3) is 6.06. The highest BCUT2D eigenvalue weighted by Gasteiger charge is 1.94. The van der Waals surface area contributed by atoms with Gasteiger partial charge in [-0.1, -0.05) is 20.8 Å². The minimum Gasteiger partial charge on any atom is -0.400 e. The van der Waals surface area contributed by atoms with E-state index in [0.29, 0.717) is 5.82 Å². The number of nitrogens with two attached hydrogens (primary N) is 2. The van der Waals surface area contributed by atoms with Crippen molar-refractivity contribution in [2.75, 3.05) is 18.6 Å². The SMILES string of the molecule is CC(C)C.CO.Nc1ccc2nc(N)ccc2c1. The summed E-state index contributed by atoms with van der Waals surface area (Å²) >= 11 is 0. The molecule has 0 bridgehead atoms. The zero-order valence-electron chi connectivity index (χ0n) is 11.5. The number of hydrogen-bond acceptors (Lipinski definition) is 4. The summed E-state index contributed by atoms with van der Waals surface area (Å²) in [6.07, 6.45) is 0. The Morgan fingerprint density at radius 3 is 2.11 bits per heavy atom. The van der Waals surface area contributed by atoms with Crippen LogP contribution in [0.2, 0.25) is 0 Å². The number of anilines is 2. The molecule has 0 radical (unpaired) electrons. The van der Waals surface area contributed by atoms with E-state index in [1.165, 1.54) is 0 Å². The van der Waals surface area contributed by atoms with Crippen LogP contribution in [0.1, 0.15) is 20.8 Å². The van der Waals surface area contributed by atoms with Crippen molar-refractivity contribution in [3.05, 3.63) is 30.3 Å². The van der Waals surface area contributed by atoms with Crippen LogP contribution in [0.25, 0.3) is 10.9 Å². The van der Waals surface area contributed by atoms with Crippen LogP contribution in [0, 0.1) is 5.92 Å². The number of rotatable bonds is 0. The maximum atomic E-state index is 7.00. The number of pyridine rings is 1. The Balaban J connectivity index is 0.000000415. The van der Waals surface area contributed by atoms with E-state index in [2.05, 4.69) is 25.8 Å². The van der Waals surface area contributed by atoms with E-state index >= 15 is 0 Å². The summed E-state index contributed by atoms with van der Waals surface area (Å²) in [5, 5.41) is 8.02. The molecule has 4 heteroatoms. The predicted molar refractivity (Wildman–Crippen MR) is 79.2 cm³/mol. The van der Waals surface area contributed by atoms with Crippen LogP contribution in [0.5, 0.6) is 0 Å². The maximum Gasteiger partial charge on any atom is 0.124 e. The van der Waals surface area contributed by atoms with Gasteiger partial charge in [-0.05, 0) is 36.2 Å². The molecule has 100 valence electrons. The van der Waals surface area contributed by atoms with E-state index in [9.17, 15) is 0 Å². The number of nitrogen functional groups attached to an aromatic ring is 2. The molecule has 0 fully saturated rings. The van der Waals surface area contributed by atoms with Crippen molar-refractivity contribution in [3.63, 3.8) is 0 Å². The van der Waals surface area contributed by atoms with Crippen molar-refractivity contribution < 1.29 is 5.11 Å². The molecule has 1 heterocycles. The van der Waals surface area contributed by atoms with Crippen molar-refractivity contribution in [1.82, 2.24) is 4.98 Å². The number of fused-ring (bicyclic) bond motifs is 1. The molecule has 0 atom stereocenters. The van der Waals surface area contributed by atoms with Crippen molar-refractivity contribution in [2.24, 2.45) is 5.92 Å². The van der Waals surface area contributed by atoms with Crippen LogP contribution in [-0.4, -0.2) is 17.2 Å². The minimum absolute atomic E-state index is 0.535. The maximum absolute atomic E-state index is 7.00. The van der Waals surface area contributed by atoms with Gasteiger partial charge in [-0.3, -0.25) is 0 Å². The molecule has 1 aromatic carbocycles. The van der Waals surface area contributed by atoms with Crippen LogP contribution in [0.15, 0.2) is 30.3 Å². The third-order valence-corrected chi connectivity index (χ3v) is 1.73. The molecule has 0 spiro atoms. The lowest BCUT2D eigenvalue weighted by atomic mass is 10.2. The highest BCUT2D eigenvalue weighted by Crippen LogP contribution is 2.16. The summed E-state index contributed by atoms with van der Waals surface area (Å²) < 4.78 is 0. The van der Waals surface area contributed by atoms with Gasteiger partial charge in [-0.25, -0.2) is 4.98 Å². The van der Waals surface area contributed by atoms with E-state index < -0.39 is 0 Å². The second kappa shape index (κ2) is 8.31. The molecule has 5 N–H and O–H groups in total. The van der Waals surface area contributed by atoms with Gasteiger partial charge in [0.05, 0.1) is 5.52 Å². The molecule has 0 saturated carbocycles. The lowest BCUT2D eigenvalue weighted by Gasteiger charge is -1.98. The first kappa shape index (κ1) is 16.2. The van der Waals surface area contributed by atoms with Gasteiger partial charge in [-0.15, -0.1) is 0 Å². The minimum atomic E-state index is 0.535. The van der Waals surface area contributed by atoms with Crippen molar-refractivity contribution >= 4 is 22.4 Å². The first-order valence-corrected chi connectivity index (χ1v) is 5.85. The van der Waals surface area contributed by atoms with E-state index in [1.54, 1.807) is 6.07 Å². The molecule has 1 aromatic heterocycles. The normalized spacial score (nSPS) is 9.22. The second-order valence-corrected chi connectivity index (χ2v) is 4.42. The molecular weight excluding hydrogens is 226 g/mol. The van der Waals surface area contributed by atoms with Gasteiger partial charge in [0.25, 0.3) is 0 Å². The molecule has 2 rings (SSSR count). The topological polar surface area (TPSA) is 85.2 Å². The summed E-state index contributed by atoms with van der Waals surface area (Å²) in [6.45, 7) is 6.50. The molecular formula is C14H23N3O. The van der Waals surface area contributed by atoms with Gasteiger partial charge in [0.2, 0.25) is 0 Å². The lowest BCUT2D eigenvalue weighted by Crippen LogP contribution is -1.90. The molecule has 18 heavy (non-hydrogen) atoms. The molecule has 0 aliphatic carbocycles. The Hall–Kier alpha value is -1.81. The van der Waals surface area contributed by atoms with Crippen LogP contribution in [0.4, 0.5) is 11.5 Å². The summed E-state index contributed by atoms with van der Waals surface area (Å²) in [4.78, 5) is 4.14. The quantitative estimate of drug-likeness (QED) is 0.627. The molecule has 0 aliphatic rings. The van der Waals surface area contributed by atoms with Crippen molar-refractivity contribution in [2.45, 2.75) is 20.8 Å². The Bertz CT molecular complexity index is 426. The van der Waals surface area contributed by atoms with E-state index in [4.69, 9.17) is 16.6 Å². The zero-order valence-corrected chi connectivity index (χ0v) is 11.5. The summed E-state index contributed by atoms with van der Waals surface area (Å²) in [5.74, 6) is 1.37. The zero-order chi connectivity index (χ0) is 14.1. The van der Waals surface area contributed by atoms with E-state index in [-0.39, 0.29) is 0 Å². The molecule has 0 amide bonds. The fraction of sp³-hybridized carbons (Fsp3) is 0.357. The fourth-order valence-corrected chi connectivity index (χ4v) is 1.16. The number of aliphatic hydroxyl groups is 1. The highest BCUT2D eigenvalue weighted by molar-refractivity contribution is 5.82. The van der Waals surface area contributed by atoms with Crippen molar-refractivity contribution in [3.8, 4) is 0 Å². The summed E-state index contributed by atoms with van der Waals surface area (Å²) in [6, 6.07) is 9.23. The van der Waals surface area contributed by atoms with Gasteiger partial charge in [0.1, 0.15) is 5.82 Å². The second-order valence-electron chi connectivity index (χ2n) is 4.42. The largest absolute Gasteiger partial charge is 0.400 e. The van der Waals surface area contributed by atoms with E-state index in [0.717, 1.165) is 29.6 Å². The van der Waals surface area contributed by atoms with Crippen LogP contribution in [0.3, 0.4) is 0 Å². The Morgan fingerprint density at radius 2 is 1.56 bits per heavy atom. The number of hydrogen-bond donors (Lipinski definition) is 3. The molecule has 2 aromatic rings. The van der Waals surface area contributed by atoms with E-state index in [1.807, 2.05) is 24.3 Å². The number of benzene rings is 1. The molecule has 4 nitrogen and oxygen atoms in total. The Morgan fingerprint density at radius 1 is 1.00 bits per heavy atom. The molecule has 0 saturated heterocycles. The average Bonchev–Trinajstić information content (AvgIpc) is 2.31. The van der Waals surface area contributed by atoms with Gasteiger partial charge in [0.15, 0.2) is 0 Å². The van der Waals surface area contributed by atoms with Gasteiger partial charge in [-0.2, -0.15) is 0 Å². The first-order valence-electron chi connectivity index (χ1n) is 5.85. The van der Waals surface area contributed by atoms with Crippen LogP contribution >= 0.6 is 0 Å².